The van der Waals surface area contributed by atoms with Crippen LogP contribution in [-0.4, -0.2) is 60.8 Å². The molecule has 0 bridgehead atoms. The lowest BCUT2D eigenvalue weighted by Gasteiger charge is -2.26. The van der Waals surface area contributed by atoms with Crippen LogP contribution in [0.1, 0.15) is 25.5 Å². The summed E-state index contributed by atoms with van der Waals surface area (Å²) in [6, 6.07) is 0. The Morgan fingerprint density at radius 2 is 1.86 bits per heavy atom. The van der Waals surface area contributed by atoms with Gasteiger partial charge < -0.3 is 9.30 Å². The molecule has 1 fully saturated rings. The zero-order chi connectivity index (χ0) is 19.8. The summed E-state index contributed by atoms with van der Waals surface area (Å²) in [7, 11) is 1.68. The van der Waals surface area contributed by atoms with Crippen molar-refractivity contribution >= 4 is 16.9 Å². The van der Waals surface area contributed by atoms with Crippen LogP contribution in [0.25, 0.3) is 16.9 Å². The van der Waals surface area contributed by atoms with Crippen LogP contribution in [0.15, 0.2) is 15.8 Å². The maximum atomic E-state index is 13.0. The van der Waals surface area contributed by atoms with Crippen molar-refractivity contribution in [3.63, 3.8) is 0 Å². The molecule has 0 atom stereocenters. The van der Waals surface area contributed by atoms with Crippen molar-refractivity contribution in [2.75, 3.05) is 32.8 Å². The Bertz CT molecular complexity index is 1110. The molecule has 28 heavy (non-hydrogen) atoms. The third-order valence-electron chi connectivity index (χ3n) is 5.55. The molecule has 4 heterocycles. The molecule has 0 N–H and O–H groups in total. The Kier molecular flexibility index (Phi) is 5.11. The van der Waals surface area contributed by atoms with E-state index in [0.29, 0.717) is 17.7 Å². The second-order valence-electron chi connectivity index (χ2n) is 7.48. The topological polar surface area (TPSA) is 78.7 Å². The third kappa shape index (κ3) is 3.08. The highest BCUT2D eigenvalue weighted by atomic mass is 16.5. The van der Waals surface area contributed by atoms with Gasteiger partial charge in [0.2, 0.25) is 5.78 Å². The molecule has 1 aliphatic heterocycles. The van der Waals surface area contributed by atoms with Crippen molar-refractivity contribution in [1.29, 1.82) is 0 Å². The SMILES string of the molecule is CCCn1c(=O)c2c(nc3n(CCCN4CCOCC4)c(C)cn23)n(C)c1=O. The molecular weight excluding hydrogens is 360 g/mol. The van der Waals surface area contributed by atoms with E-state index < -0.39 is 0 Å². The predicted octanol–water partition coefficient (Wildman–Crippen LogP) is 0.590. The summed E-state index contributed by atoms with van der Waals surface area (Å²) in [4.78, 5) is 32.6. The van der Waals surface area contributed by atoms with E-state index in [4.69, 9.17) is 4.74 Å². The van der Waals surface area contributed by atoms with Crippen LogP contribution < -0.4 is 11.2 Å². The Morgan fingerprint density at radius 1 is 1.11 bits per heavy atom. The van der Waals surface area contributed by atoms with Gasteiger partial charge in [0.25, 0.3) is 5.56 Å². The number of imidazole rings is 2. The number of aromatic nitrogens is 5. The quantitative estimate of drug-likeness (QED) is 0.618. The van der Waals surface area contributed by atoms with Gasteiger partial charge in [0.1, 0.15) is 0 Å². The number of nitrogens with zero attached hydrogens (tertiary/aromatic N) is 6. The number of aryl methyl sites for hydroxylation is 3. The molecule has 3 aromatic rings. The minimum Gasteiger partial charge on any atom is -0.379 e. The average molecular weight is 388 g/mol. The number of rotatable bonds is 6. The van der Waals surface area contributed by atoms with E-state index in [1.165, 1.54) is 9.13 Å². The first-order chi connectivity index (χ1) is 13.5. The van der Waals surface area contributed by atoms with Gasteiger partial charge in [-0.3, -0.25) is 23.2 Å². The number of fused-ring (bicyclic) bond motifs is 3. The number of morpholine rings is 1. The van der Waals surface area contributed by atoms with Crippen molar-refractivity contribution in [2.24, 2.45) is 7.05 Å². The normalized spacial score (nSPS) is 15.8. The molecule has 0 radical (unpaired) electrons. The van der Waals surface area contributed by atoms with E-state index in [2.05, 4.69) is 14.5 Å². The fourth-order valence-electron chi connectivity index (χ4n) is 4.03. The molecular formula is C19H28N6O3. The molecule has 152 valence electrons. The second-order valence-corrected chi connectivity index (χ2v) is 7.48. The molecule has 0 spiro atoms. The maximum Gasteiger partial charge on any atom is 0.332 e. The Morgan fingerprint density at radius 3 is 2.57 bits per heavy atom. The molecule has 9 heteroatoms. The van der Waals surface area contributed by atoms with Gasteiger partial charge >= 0.3 is 5.69 Å². The van der Waals surface area contributed by atoms with Gasteiger partial charge in [-0.05, 0) is 19.8 Å². The molecule has 1 aliphatic rings. The smallest absolute Gasteiger partial charge is 0.332 e. The maximum absolute atomic E-state index is 13.0. The van der Waals surface area contributed by atoms with Crippen molar-refractivity contribution in [3.05, 3.63) is 32.7 Å². The second kappa shape index (κ2) is 7.56. The summed E-state index contributed by atoms with van der Waals surface area (Å²) >= 11 is 0. The van der Waals surface area contributed by atoms with Crippen molar-refractivity contribution < 1.29 is 4.74 Å². The first-order valence-corrected chi connectivity index (χ1v) is 10.0. The lowest BCUT2D eigenvalue weighted by Crippen LogP contribution is -2.39. The third-order valence-corrected chi connectivity index (χ3v) is 5.55. The van der Waals surface area contributed by atoms with E-state index in [1.54, 1.807) is 7.05 Å². The van der Waals surface area contributed by atoms with Crippen molar-refractivity contribution in [2.45, 2.75) is 39.8 Å². The number of hydrogen-bond donors (Lipinski definition) is 0. The highest BCUT2D eigenvalue weighted by Crippen LogP contribution is 2.17. The molecule has 0 aliphatic carbocycles. The van der Waals surface area contributed by atoms with E-state index in [1.807, 2.05) is 24.4 Å². The van der Waals surface area contributed by atoms with Gasteiger partial charge in [0.15, 0.2) is 11.2 Å². The first kappa shape index (κ1) is 18.9. The predicted molar refractivity (Wildman–Crippen MR) is 107 cm³/mol. The van der Waals surface area contributed by atoms with E-state index in [0.717, 1.165) is 63.7 Å². The number of ether oxygens (including phenoxy) is 1. The molecule has 0 saturated carbocycles. The Balaban J connectivity index is 1.72. The summed E-state index contributed by atoms with van der Waals surface area (Å²) in [5.41, 5.74) is 1.40. The van der Waals surface area contributed by atoms with Crippen LogP contribution in [0.3, 0.4) is 0 Å². The molecule has 9 nitrogen and oxygen atoms in total. The van der Waals surface area contributed by atoms with Gasteiger partial charge in [-0.25, -0.2) is 4.79 Å². The Labute approximate surface area is 162 Å². The minimum atomic E-state index is -0.310. The van der Waals surface area contributed by atoms with E-state index >= 15 is 0 Å². The van der Waals surface area contributed by atoms with Crippen LogP contribution >= 0.6 is 0 Å². The zero-order valence-electron chi connectivity index (χ0n) is 16.8. The van der Waals surface area contributed by atoms with E-state index in [-0.39, 0.29) is 11.2 Å². The fourth-order valence-corrected chi connectivity index (χ4v) is 4.03. The monoisotopic (exact) mass is 388 g/mol. The number of hydrogen-bond acceptors (Lipinski definition) is 5. The summed E-state index contributed by atoms with van der Waals surface area (Å²) in [5, 5.41) is 0. The van der Waals surface area contributed by atoms with Crippen LogP contribution in [0.4, 0.5) is 0 Å². The summed E-state index contributed by atoms with van der Waals surface area (Å²) in [6.45, 7) is 9.79. The molecule has 0 aromatic carbocycles. The van der Waals surface area contributed by atoms with Crippen LogP contribution in [0.2, 0.25) is 0 Å². The summed E-state index contributed by atoms with van der Waals surface area (Å²) in [6.07, 6.45) is 3.67. The standard InChI is InChI=1S/C19H28N6O3/c1-4-6-24-17(26)15-16(21(3)19(24)27)20-18-23(14(2)13-25(15)18)8-5-7-22-9-11-28-12-10-22/h13H,4-12H2,1-3H3. The molecule has 3 aromatic heterocycles. The zero-order valence-corrected chi connectivity index (χ0v) is 16.8. The van der Waals surface area contributed by atoms with Gasteiger partial charge in [0, 0.05) is 51.7 Å². The first-order valence-electron chi connectivity index (χ1n) is 10.0. The molecule has 4 rings (SSSR count). The van der Waals surface area contributed by atoms with Gasteiger partial charge in [-0.2, -0.15) is 4.98 Å². The fraction of sp³-hybridized carbons (Fsp3) is 0.632. The summed E-state index contributed by atoms with van der Waals surface area (Å²) in [5.74, 6) is 0.718. The van der Waals surface area contributed by atoms with E-state index in [9.17, 15) is 9.59 Å². The largest absolute Gasteiger partial charge is 0.379 e. The molecule has 0 amide bonds. The van der Waals surface area contributed by atoms with Crippen LogP contribution in [-0.2, 0) is 24.9 Å². The Hall–Kier alpha value is -2.39. The van der Waals surface area contributed by atoms with Gasteiger partial charge in [-0.15, -0.1) is 0 Å². The van der Waals surface area contributed by atoms with Crippen LogP contribution in [0, 0.1) is 6.92 Å². The average Bonchev–Trinajstić information content (AvgIpc) is 3.20. The summed E-state index contributed by atoms with van der Waals surface area (Å²) < 4.78 is 12.2. The molecule has 1 saturated heterocycles. The minimum absolute atomic E-state index is 0.266. The van der Waals surface area contributed by atoms with Gasteiger partial charge in [-0.1, -0.05) is 6.92 Å². The lowest BCUT2D eigenvalue weighted by atomic mass is 10.3. The highest BCUT2D eigenvalue weighted by Gasteiger charge is 2.20. The lowest BCUT2D eigenvalue weighted by molar-refractivity contribution is 0.0369. The van der Waals surface area contributed by atoms with Crippen LogP contribution in [0.5, 0.6) is 0 Å². The van der Waals surface area contributed by atoms with Gasteiger partial charge in [0.05, 0.1) is 13.2 Å². The van der Waals surface area contributed by atoms with Crippen molar-refractivity contribution in [3.8, 4) is 0 Å². The molecule has 0 unspecified atom stereocenters. The van der Waals surface area contributed by atoms with Crippen molar-refractivity contribution in [1.82, 2.24) is 28.0 Å². The highest BCUT2D eigenvalue weighted by molar-refractivity contribution is 5.75.